The third-order valence-electron chi connectivity index (χ3n) is 2.56. The first-order valence-electron chi connectivity index (χ1n) is 5.09. The van der Waals surface area contributed by atoms with E-state index in [9.17, 15) is 4.79 Å². The van der Waals surface area contributed by atoms with E-state index in [1.165, 1.54) is 0 Å². The van der Waals surface area contributed by atoms with Gasteiger partial charge in [0.1, 0.15) is 11.8 Å². The minimum Gasteiger partial charge on any atom is -0.495 e. The lowest BCUT2D eigenvalue weighted by Gasteiger charge is -2.10. The Morgan fingerprint density at radius 1 is 1.56 bits per heavy atom. The van der Waals surface area contributed by atoms with Gasteiger partial charge in [0.2, 0.25) is 5.91 Å². The van der Waals surface area contributed by atoms with E-state index in [2.05, 4.69) is 10.6 Å². The Balaban J connectivity index is 2.43. The number of hydrogen-bond donors (Lipinski definition) is 2. The lowest BCUT2D eigenvalue weighted by Crippen LogP contribution is -2.27. The van der Waals surface area contributed by atoms with Crippen LogP contribution in [0.25, 0.3) is 0 Å². The summed E-state index contributed by atoms with van der Waals surface area (Å²) in [6.07, 6.45) is 0. The van der Waals surface area contributed by atoms with Crippen LogP contribution in [0.3, 0.4) is 0 Å². The normalized spacial score (nSPS) is 18.2. The Hall–Kier alpha value is -1.26. The number of nitrogens with one attached hydrogen (secondary N) is 2. The number of hydrogen-bond acceptors (Lipinski definition) is 3. The first-order chi connectivity index (χ1) is 7.67. The average molecular weight is 241 g/mol. The van der Waals surface area contributed by atoms with Crippen molar-refractivity contribution in [1.29, 1.82) is 0 Å². The number of likely N-dealkylation sites (N-methyl/N-ethyl adjacent to an activating group) is 1. The van der Waals surface area contributed by atoms with Crippen LogP contribution in [-0.4, -0.2) is 19.6 Å². The highest BCUT2D eigenvalue weighted by atomic mass is 35.5. The highest BCUT2D eigenvalue weighted by molar-refractivity contribution is 6.32. The van der Waals surface area contributed by atoms with Gasteiger partial charge in [-0.1, -0.05) is 18.5 Å². The van der Waals surface area contributed by atoms with Gasteiger partial charge < -0.3 is 15.4 Å². The molecule has 0 aromatic heterocycles. The summed E-state index contributed by atoms with van der Waals surface area (Å²) in [6.45, 7) is 2.68. The van der Waals surface area contributed by atoms with Crippen molar-refractivity contribution in [3.8, 4) is 5.75 Å². The second-order valence-corrected chi connectivity index (χ2v) is 3.96. The van der Waals surface area contributed by atoms with E-state index >= 15 is 0 Å². The maximum Gasteiger partial charge on any atom is 0.246 e. The molecule has 1 heterocycles. The summed E-state index contributed by atoms with van der Waals surface area (Å²) in [5.74, 6) is 0.513. The van der Waals surface area contributed by atoms with Crippen LogP contribution in [-0.2, 0) is 4.79 Å². The van der Waals surface area contributed by atoms with E-state index in [1.54, 1.807) is 19.2 Å². The number of rotatable bonds is 3. The van der Waals surface area contributed by atoms with Gasteiger partial charge in [-0.25, -0.2) is 0 Å². The van der Waals surface area contributed by atoms with E-state index in [0.717, 1.165) is 17.8 Å². The maximum atomic E-state index is 11.7. The Morgan fingerprint density at radius 3 is 2.94 bits per heavy atom. The molecule has 5 heteroatoms. The van der Waals surface area contributed by atoms with Crippen LogP contribution in [0, 0.1) is 0 Å². The summed E-state index contributed by atoms with van der Waals surface area (Å²) in [4.78, 5) is 11.7. The molecular weight excluding hydrogens is 228 g/mol. The molecule has 0 spiro atoms. The van der Waals surface area contributed by atoms with Crippen molar-refractivity contribution in [2.75, 3.05) is 19.0 Å². The second kappa shape index (κ2) is 4.31. The number of amides is 1. The molecule has 0 saturated carbocycles. The van der Waals surface area contributed by atoms with E-state index in [1.807, 2.05) is 6.92 Å². The fraction of sp³-hybridized carbons (Fsp3) is 0.364. The molecule has 1 atom stereocenters. The highest BCUT2D eigenvalue weighted by Gasteiger charge is 2.30. The van der Waals surface area contributed by atoms with Crippen molar-refractivity contribution in [3.63, 3.8) is 0 Å². The van der Waals surface area contributed by atoms with Crippen molar-refractivity contribution in [3.05, 3.63) is 22.7 Å². The molecule has 1 aromatic carbocycles. The van der Waals surface area contributed by atoms with Crippen LogP contribution < -0.4 is 15.4 Å². The van der Waals surface area contributed by atoms with Gasteiger partial charge in [0.05, 0.1) is 12.1 Å². The Morgan fingerprint density at radius 2 is 2.31 bits per heavy atom. The molecule has 0 fully saturated rings. The number of fused-ring (bicyclic) bond motifs is 1. The summed E-state index contributed by atoms with van der Waals surface area (Å²) in [5, 5.41) is 6.41. The van der Waals surface area contributed by atoms with Gasteiger partial charge in [0.15, 0.2) is 0 Å². The summed E-state index contributed by atoms with van der Waals surface area (Å²) in [6, 6.07) is 3.19. The van der Waals surface area contributed by atoms with E-state index in [0.29, 0.717) is 10.8 Å². The van der Waals surface area contributed by atoms with Crippen molar-refractivity contribution in [1.82, 2.24) is 5.32 Å². The largest absolute Gasteiger partial charge is 0.495 e. The lowest BCUT2D eigenvalue weighted by molar-refractivity contribution is -0.117. The van der Waals surface area contributed by atoms with Crippen molar-refractivity contribution >= 4 is 23.2 Å². The number of carbonyl (C=O) groups excluding carboxylic acids is 1. The zero-order chi connectivity index (χ0) is 11.7. The van der Waals surface area contributed by atoms with Gasteiger partial charge in [-0.05, 0) is 12.6 Å². The molecule has 1 aliphatic heterocycles. The van der Waals surface area contributed by atoms with Crippen LogP contribution in [0.1, 0.15) is 18.5 Å². The molecular formula is C11H13ClN2O2. The predicted octanol–water partition coefficient (Wildman–Crippen LogP) is 1.95. The molecule has 1 aliphatic rings. The number of benzene rings is 1. The average Bonchev–Trinajstić information content (AvgIpc) is 2.55. The van der Waals surface area contributed by atoms with Gasteiger partial charge in [-0.2, -0.15) is 0 Å². The monoisotopic (exact) mass is 240 g/mol. The molecule has 1 unspecified atom stereocenters. The highest BCUT2D eigenvalue weighted by Crippen LogP contribution is 2.38. The zero-order valence-electron chi connectivity index (χ0n) is 9.13. The zero-order valence-corrected chi connectivity index (χ0v) is 9.89. The van der Waals surface area contributed by atoms with Crippen LogP contribution in [0.4, 0.5) is 5.69 Å². The number of methoxy groups -OCH3 is 1. The van der Waals surface area contributed by atoms with Gasteiger partial charge in [-0.15, -0.1) is 0 Å². The fourth-order valence-corrected chi connectivity index (χ4v) is 2.07. The van der Waals surface area contributed by atoms with Crippen LogP contribution in [0.15, 0.2) is 12.1 Å². The SMILES string of the molecule is CCNC1C(=O)Nc2cc(OC)c(Cl)cc21. The first-order valence-corrected chi connectivity index (χ1v) is 5.46. The third kappa shape index (κ3) is 1.74. The smallest absolute Gasteiger partial charge is 0.246 e. The lowest BCUT2D eigenvalue weighted by atomic mass is 10.1. The summed E-state index contributed by atoms with van der Waals surface area (Å²) < 4.78 is 5.10. The van der Waals surface area contributed by atoms with E-state index in [4.69, 9.17) is 16.3 Å². The Bertz CT molecular complexity index is 434. The fourth-order valence-electron chi connectivity index (χ4n) is 1.83. The van der Waals surface area contributed by atoms with Gasteiger partial charge in [0, 0.05) is 17.3 Å². The Labute approximate surface area is 98.9 Å². The van der Waals surface area contributed by atoms with E-state index < -0.39 is 0 Å². The number of carbonyl (C=O) groups is 1. The molecule has 0 saturated heterocycles. The van der Waals surface area contributed by atoms with Gasteiger partial charge >= 0.3 is 0 Å². The van der Waals surface area contributed by atoms with Crippen molar-refractivity contribution in [2.45, 2.75) is 13.0 Å². The molecule has 2 N–H and O–H groups in total. The molecule has 1 aromatic rings. The number of anilines is 1. The topological polar surface area (TPSA) is 50.4 Å². The molecule has 86 valence electrons. The molecule has 4 nitrogen and oxygen atoms in total. The summed E-state index contributed by atoms with van der Waals surface area (Å²) >= 11 is 6.03. The Kier molecular flexibility index (Phi) is 3.03. The second-order valence-electron chi connectivity index (χ2n) is 3.55. The number of ether oxygens (including phenoxy) is 1. The van der Waals surface area contributed by atoms with Gasteiger partial charge in [0.25, 0.3) is 0 Å². The molecule has 2 rings (SSSR count). The molecule has 1 amide bonds. The summed E-state index contributed by atoms with van der Waals surface area (Å²) in [5.41, 5.74) is 1.63. The minimum atomic E-state index is -0.316. The molecule has 0 bridgehead atoms. The maximum absolute atomic E-state index is 11.7. The summed E-state index contributed by atoms with van der Waals surface area (Å²) in [7, 11) is 1.55. The molecule has 0 radical (unpaired) electrons. The number of halogens is 1. The van der Waals surface area contributed by atoms with Crippen LogP contribution >= 0.6 is 11.6 Å². The standard InChI is InChI=1S/C11H13ClN2O2/c1-3-13-10-6-4-7(12)9(16-2)5-8(6)14-11(10)15/h4-5,10,13H,3H2,1-2H3,(H,14,15). The van der Waals surface area contributed by atoms with E-state index in [-0.39, 0.29) is 11.9 Å². The molecule has 16 heavy (non-hydrogen) atoms. The predicted molar refractivity (Wildman–Crippen MR) is 63.1 cm³/mol. The molecule has 0 aliphatic carbocycles. The van der Waals surface area contributed by atoms with Crippen molar-refractivity contribution in [2.24, 2.45) is 0 Å². The third-order valence-corrected chi connectivity index (χ3v) is 2.86. The van der Waals surface area contributed by atoms with Crippen LogP contribution in [0.5, 0.6) is 5.75 Å². The van der Waals surface area contributed by atoms with Crippen molar-refractivity contribution < 1.29 is 9.53 Å². The van der Waals surface area contributed by atoms with Crippen LogP contribution in [0.2, 0.25) is 5.02 Å². The minimum absolute atomic E-state index is 0.0545. The quantitative estimate of drug-likeness (QED) is 0.849. The first kappa shape index (κ1) is 11.2. The van der Waals surface area contributed by atoms with Gasteiger partial charge in [-0.3, -0.25) is 4.79 Å².